The highest BCUT2D eigenvalue weighted by Gasteiger charge is 1.85. The Kier molecular flexibility index (Phi) is 3.99. The fraction of sp³-hybridized carbons (Fsp3) is 0.222. The van der Waals surface area contributed by atoms with Gasteiger partial charge in [0.1, 0.15) is 0 Å². The molecule has 0 radical (unpaired) electrons. The molecule has 0 N–H and O–H groups in total. The lowest BCUT2D eigenvalue weighted by Crippen LogP contribution is -1.72. The molecule has 0 fully saturated rings. The van der Waals surface area contributed by atoms with Crippen molar-refractivity contribution in [3.05, 3.63) is 36.0 Å². The van der Waals surface area contributed by atoms with E-state index in [1.54, 1.807) is 18.2 Å². The Labute approximate surface area is 62.0 Å². The van der Waals surface area contributed by atoms with E-state index >= 15 is 0 Å². The van der Waals surface area contributed by atoms with Crippen LogP contribution in [0.4, 0.5) is 0 Å². The van der Waals surface area contributed by atoms with Gasteiger partial charge in [-0.15, -0.1) is 0 Å². The maximum atomic E-state index is 8.47. The molecule has 1 heteroatoms. The minimum atomic E-state index is 0.678. The Balaban J connectivity index is 4.41. The van der Waals surface area contributed by atoms with Crippen molar-refractivity contribution >= 4 is 0 Å². The third-order valence-corrected chi connectivity index (χ3v) is 1.15. The first-order chi connectivity index (χ1) is 4.74. The lowest BCUT2D eigenvalue weighted by Gasteiger charge is -1.87. The van der Waals surface area contributed by atoms with Crippen molar-refractivity contribution in [2.45, 2.75) is 13.8 Å². The number of nitrogens with zero attached hydrogens (tertiary/aromatic N) is 1. The van der Waals surface area contributed by atoms with Crippen molar-refractivity contribution in [3.63, 3.8) is 0 Å². The van der Waals surface area contributed by atoms with Crippen LogP contribution in [0.25, 0.3) is 0 Å². The fourth-order valence-corrected chi connectivity index (χ4v) is 0.484. The largest absolute Gasteiger partial charge is 0.192 e. The van der Waals surface area contributed by atoms with E-state index in [9.17, 15) is 0 Å². The van der Waals surface area contributed by atoms with Gasteiger partial charge in [0.05, 0.1) is 6.07 Å². The number of hydrogen-bond donors (Lipinski definition) is 0. The van der Waals surface area contributed by atoms with Crippen LogP contribution in [0.15, 0.2) is 36.0 Å². The van der Waals surface area contributed by atoms with Crippen LogP contribution in [-0.4, -0.2) is 0 Å². The molecule has 0 aliphatic rings. The van der Waals surface area contributed by atoms with Gasteiger partial charge in [-0.3, -0.25) is 0 Å². The summed E-state index contributed by atoms with van der Waals surface area (Å²) in [6.07, 6.45) is 5.29. The maximum absolute atomic E-state index is 8.47. The molecule has 0 rings (SSSR count). The van der Waals surface area contributed by atoms with E-state index in [-0.39, 0.29) is 0 Å². The van der Waals surface area contributed by atoms with E-state index in [0.717, 1.165) is 5.57 Å². The van der Waals surface area contributed by atoms with Gasteiger partial charge in [-0.05, 0) is 19.9 Å². The quantitative estimate of drug-likeness (QED) is 0.419. The lowest BCUT2D eigenvalue weighted by atomic mass is 10.2. The van der Waals surface area contributed by atoms with Gasteiger partial charge in [0.15, 0.2) is 0 Å². The second-order valence-electron chi connectivity index (χ2n) is 1.95. The van der Waals surface area contributed by atoms with E-state index in [1.807, 2.05) is 13.8 Å². The lowest BCUT2D eigenvalue weighted by molar-refractivity contribution is 1.44. The van der Waals surface area contributed by atoms with Gasteiger partial charge in [-0.25, -0.2) is 0 Å². The molecule has 0 aromatic heterocycles. The van der Waals surface area contributed by atoms with Gasteiger partial charge >= 0.3 is 0 Å². The van der Waals surface area contributed by atoms with E-state index in [1.165, 1.54) is 0 Å². The molecule has 0 saturated heterocycles. The second kappa shape index (κ2) is 4.58. The molecular formula is C9H11N. The van der Waals surface area contributed by atoms with Gasteiger partial charge in [-0.1, -0.05) is 24.3 Å². The zero-order chi connectivity index (χ0) is 7.98. The minimum absolute atomic E-state index is 0.678. The molecule has 10 heavy (non-hydrogen) atoms. The summed E-state index contributed by atoms with van der Waals surface area (Å²) < 4.78 is 0. The van der Waals surface area contributed by atoms with Crippen LogP contribution in [0.2, 0.25) is 0 Å². The summed E-state index contributed by atoms with van der Waals surface area (Å²) in [6, 6.07) is 2.05. The third-order valence-electron chi connectivity index (χ3n) is 1.15. The van der Waals surface area contributed by atoms with E-state index in [4.69, 9.17) is 5.26 Å². The molecule has 52 valence electrons. The zero-order valence-electron chi connectivity index (χ0n) is 6.39. The Morgan fingerprint density at radius 1 is 1.60 bits per heavy atom. The first-order valence-corrected chi connectivity index (χ1v) is 3.11. The Bertz CT molecular complexity index is 213. The topological polar surface area (TPSA) is 23.8 Å². The monoisotopic (exact) mass is 133 g/mol. The van der Waals surface area contributed by atoms with Crippen LogP contribution in [-0.2, 0) is 0 Å². The molecule has 0 aliphatic heterocycles. The predicted molar refractivity (Wildman–Crippen MR) is 43.3 cm³/mol. The van der Waals surface area contributed by atoms with Crippen LogP contribution in [0.3, 0.4) is 0 Å². The third kappa shape index (κ3) is 2.88. The highest BCUT2D eigenvalue weighted by Crippen LogP contribution is 2.00. The van der Waals surface area contributed by atoms with Crippen molar-refractivity contribution in [2.24, 2.45) is 0 Å². The number of allylic oxidation sites excluding steroid dienone is 5. The van der Waals surface area contributed by atoms with Gasteiger partial charge < -0.3 is 0 Å². The number of rotatable bonds is 2. The minimum Gasteiger partial charge on any atom is -0.192 e. The average Bonchev–Trinajstić information content (AvgIpc) is 1.99. The Morgan fingerprint density at radius 3 is 2.50 bits per heavy atom. The summed E-state index contributed by atoms with van der Waals surface area (Å²) in [6.45, 7) is 7.33. The summed E-state index contributed by atoms with van der Waals surface area (Å²) in [5.74, 6) is 0. The fourth-order valence-electron chi connectivity index (χ4n) is 0.484. The first-order valence-electron chi connectivity index (χ1n) is 3.11. The van der Waals surface area contributed by atoms with Crippen molar-refractivity contribution in [3.8, 4) is 6.07 Å². The van der Waals surface area contributed by atoms with Crippen molar-refractivity contribution < 1.29 is 0 Å². The van der Waals surface area contributed by atoms with Gasteiger partial charge in [0, 0.05) is 5.57 Å². The molecule has 0 atom stereocenters. The molecule has 0 aromatic rings. The Morgan fingerprint density at radius 2 is 2.20 bits per heavy atom. The smallest absolute Gasteiger partial charge is 0.0988 e. The van der Waals surface area contributed by atoms with Crippen molar-refractivity contribution in [2.75, 3.05) is 0 Å². The van der Waals surface area contributed by atoms with Crippen LogP contribution < -0.4 is 0 Å². The number of nitriles is 1. The molecule has 1 nitrogen and oxygen atoms in total. The molecule has 0 amide bonds. The molecule has 0 saturated carbocycles. The van der Waals surface area contributed by atoms with Gasteiger partial charge in [0.25, 0.3) is 0 Å². The Hall–Kier alpha value is -1.29. The summed E-state index contributed by atoms with van der Waals surface area (Å²) in [5.41, 5.74) is 1.69. The average molecular weight is 133 g/mol. The van der Waals surface area contributed by atoms with E-state index < -0.39 is 0 Å². The maximum Gasteiger partial charge on any atom is 0.0988 e. The highest BCUT2D eigenvalue weighted by molar-refractivity contribution is 5.36. The molecule has 0 aromatic carbocycles. The molecule has 0 bridgehead atoms. The normalized spacial score (nSPS) is 12.5. The predicted octanol–water partition coefficient (Wildman–Crippen LogP) is 2.59. The van der Waals surface area contributed by atoms with Gasteiger partial charge in [-0.2, -0.15) is 5.26 Å². The standard InChI is InChI=1S/C9H11N/c1-4-8(3)6-9(5-2)7-10/h4-6H,1H2,2-3H3/b8-6-,9-5+. The summed E-state index contributed by atoms with van der Waals surface area (Å²) in [7, 11) is 0. The summed E-state index contributed by atoms with van der Waals surface area (Å²) in [5, 5.41) is 8.47. The molecule has 0 spiro atoms. The number of hydrogen-bond acceptors (Lipinski definition) is 1. The van der Waals surface area contributed by atoms with Crippen molar-refractivity contribution in [1.82, 2.24) is 0 Å². The SMILES string of the molecule is C=C/C(C)=C\C(C#N)=C/C. The van der Waals surface area contributed by atoms with Crippen LogP contribution in [0.1, 0.15) is 13.8 Å². The van der Waals surface area contributed by atoms with Crippen LogP contribution >= 0.6 is 0 Å². The summed E-state index contributed by atoms with van der Waals surface area (Å²) in [4.78, 5) is 0. The second-order valence-corrected chi connectivity index (χ2v) is 1.95. The van der Waals surface area contributed by atoms with E-state index in [2.05, 4.69) is 12.6 Å². The van der Waals surface area contributed by atoms with Crippen LogP contribution in [0.5, 0.6) is 0 Å². The first kappa shape index (κ1) is 8.71. The van der Waals surface area contributed by atoms with Crippen molar-refractivity contribution in [1.29, 1.82) is 5.26 Å². The highest BCUT2D eigenvalue weighted by atomic mass is 14.2. The molecular weight excluding hydrogens is 122 g/mol. The van der Waals surface area contributed by atoms with E-state index in [0.29, 0.717) is 5.57 Å². The zero-order valence-corrected chi connectivity index (χ0v) is 6.39. The summed E-state index contributed by atoms with van der Waals surface area (Å²) >= 11 is 0. The molecule has 0 aliphatic carbocycles. The van der Waals surface area contributed by atoms with Gasteiger partial charge in [0.2, 0.25) is 0 Å². The van der Waals surface area contributed by atoms with Crippen LogP contribution in [0, 0.1) is 11.3 Å². The molecule has 0 heterocycles. The molecule has 0 unspecified atom stereocenters.